The van der Waals surface area contributed by atoms with E-state index in [0.29, 0.717) is 44.8 Å². The lowest BCUT2D eigenvalue weighted by atomic mass is 10.0. The predicted molar refractivity (Wildman–Crippen MR) is 163 cm³/mol. The summed E-state index contributed by atoms with van der Waals surface area (Å²) < 4.78 is 97.5. The first-order valence-electron chi connectivity index (χ1n) is 14.9. The fourth-order valence-electron chi connectivity index (χ4n) is 5.42. The number of aryl methyl sites for hydroxylation is 1. The number of phenols is 2. The van der Waals surface area contributed by atoms with Gasteiger partial charge < -0.3 is 24.4 Å². The fraction of sp³-hybridized carbons (Fsp3) is 0.412. The standard InChI is InChI=1S/C34H37F7N2O3/c1-23-29-21-27(45)13-16-30(29)43(31(23)25-9-11-26(44)12-10-25)22-24-7-14-28(15-8-24)46-20-19-42(2)18-6-4-3-5-17-32(35,36)33(37,38)34(39,40)41/h7-16,21,44-45H,3-6,17-20,22H2,1-2H3. The molecule has 4 rings (SSSR count). The molecule has 0 saturated heterocycles. The average Bonchev–Trinajstić information content (AvgIpc) is 3.25. The van der Waals surface area contributed by atoms with Gasteiger partial charge in [0.15, 0.2) is 0 Å². The van der Waals surface area contributed by atoms with Gasteiger partial charge in [-0.05, 0) is 105 Å². The van der Waals surface area contributed by atoms with Crippen molar-refractivity contribution in [2.24, 2.45) is 0 Å². The summed E-state index contributed by atoms with van der Waals surface area (Å²) in [6.07, 6.45) is -7.11. The quantitative estimate of drug-likeness (QED) is 0.0992. The molecule has 250 valence electrons. The van der Waals surface area contributed by atoms with Crippen molar-refractivity contribution < 1.29 is 45.7 Å². The molecule has 46 heavy (non-hydrogen) atoms. The van der Waals surface area contributed by atoms with Gasteiger partial charge >= 0.3 is 18.0 Å². The molecule has 1 heterocycles. The number of aromatic nitrogens is 1. The topological polar surface area (TPSA) is 57.9 Å². The number of hydrogen-bond acceptors (Lipinski definition) is 4. The Morgan fingerprint density at radius 2 is 1.39 bits per heavy atom. The van der Waals surface area contributed by atoms with Crippen LogP contribution < -0.4 is 4.74 Å². The van der Waals surface area contributed by atoms with Crippen molar-refractivity contribution in [2.75, 3.05) is 26.7 Å². The molecular weight excluding hydrogens is 617 g/mol. The zero-order chi connectivity index (χ0) is 33.7. The molecule has 0 fully saturated rings. The summed E-state index contributed by atoms with van der Waals surface area (Å²) >= 11 is 0. The minimum Gasteiger partial charge on any atom is -0.508 e. The van der Waals surface area contributed by atoms with Crippen molar-refractivity contribution in [1.29, 1.82) is 0 Å². The van der Waals surface area contributed by atoms with Crippen LogP contribution >= 0.6 is 0 Å². The van der Waals surface area contributed by atoms with Gasteiger partial charge in [0, 0.05) is 30.4 Å². The predicted octanol–water partition coefficient (Wildman–Crippen LogP) is 9.17. The normalized spacial score (nSPS) is 12.7. The van der Waals surface area contributed by atoms with E-state index in [1.54, 1.807) is 24.3 Å². The van der Waals surface area contributed by atoms with Crippen molar-refractivity contribution in [3.8, 4) is 28.5 Å². The third-order valence-corrected chi connectivity index (χ3v) is 8.04. The van der Waals surface area contributed by atoms with E-state index in [4.69, 9.17) is 4.74 Å². The van der Waals surface area contributed by atoms with Gasteiger partial charge in [-0.3, -0.25) is 0 Å². The number of nitrogens with zero attached hydrogens (tertiary/aromatic N) is 2. The van der Waals surface area contributed by atoms with Gasteiger partial charge in [-0.25, -0.2) is 0 Å². The van der Waals surface area contributed by atoms with Crippen LogP contribution in [0, 0.1) is 6.92 Å². The Morgan fingerprint density at radius 3 is 2.04 bits per heavy atom. The van der Waals surface area contributed by atoms with Crippen LogP contribution in [0.2, 0.25) is 0 Å². The van der Waals surface area contributed by atoms with Gasteiger partial charge in [0.1, 0.15) is 23.9 Å². The molecule has 0 aliphatic rings. The molecule has 0 bridgehead atoms. The maximum atomic E-state index is 13.4. The number of unbranched alkanes of at least 4 members (excludes halogenated alkanes) is 3. The smallest absolute Gasteiger partial charge is 0.459 e. The Labute approximate surface area is 262 Å². The molecule has 0 saturated carbocycles. The van der Waals surface area contributed by atoms with Gasteiger partial charge in [-0.15, -0.1) is 0 Å². The molecule has 0 aliphatic heterocycles. The lowest BCUT2D eigenvalue weighted by Gasteiger charge is -2.28. The van der Waals surface area contributed by atoms with E-state index in [-0.39, 0.29) is 17.9 Å². The lowest BCUT2D eigenvalue weighted by molar-refractivity contribution is -0.355. The Morgan fingerprint density at radius 1 is 0.761 bits per heavy atom. The number of rotatable bonds is 15. The lowest BCUT2D eigenvalue weighted by Crippen LogP contribution is -2.51. The first-order valence-corrected chi connectivity index (χ1v) is 14.9. The minimum absolute atomic E-state index is 0.123. The first-order chi connectivity index (χ1) is 21.6. The Hall–Kier alpha value is -3.93. The zero-order valence-electron chi connectivity index (χ0n) is 25.6. The van der Waals surface area contributed by atoms with Gasteiger partial charge in [0.05, 0.1) is 5.69 Å². The third kappa shape index (κ3) is 8.07. The van der Waals surface area contributed by atoms with E-state index in [9.17, 15) is 40.9 Å². The molecule has 1 aromatic heterocycles. The number of ether oxygens (including phenoxy) is 1. The number of aromatic hydroxyl groups is 2. The molecular formula is C34H37F7N2O3. The summed E-state index contributed by atoms with van der Waals surface area (Å²) in [7, 11) is 1.85. The number of benzene rings is 3. The second-order valence-corrected chi connectivity index (χ2v) is 11.5. The molecule has 5 nitrogen and oxygen atoms in total. The van der Waals surface area contributed by atoms with Crippen molar-refractivity contribution in [2.45, 2.75) is 63.6 Å². The largest absolute Gasteiger partial charge is 0.508 e. The van der Waals surface area contributed by atoms with E-state index in [1.807, 2.05) is 61.3 Å². The van der Waals surface area contributed by atoms with Crippen molar-refractivity contribution in [3.63, 3.8) is 0 Å². The molecule has 4 aromatic rings. The number of phenolic OH excluding ortho intramolecular Hbond substituents is 2. The van der Waals surface area contributed by atoms with Crippen LogP contribution in [0.15, 0.2) is 66.7 Å². The highest BCUT2D eigenvalue weighted by Gasteiger charge is 2.72. The van der Waals surface area contributed by atoms with Gasteiger partial charge in [-0.1, -0.05) is 25.0 Å². The molecule has 3 aromatic carbocycles. The van der Waals surface area contributed by atoms with Gasteiger partial charge in [-0.2, -0.15) is 30.7 Å². The molecule has 0 atom stereocenters. The number of hydrogen-bond donors (Lipinski definition) is 2. The van der Waals surface area contributed by atoms with Crippen LogP contribution in [0.4, 0.5) is 30.7 Å². The monoisotopic (exact) mass is 654 g/mol. The summed E-state index contributed by atoms with van der Waals surface area (Å²) in [5.41, 5.74) is 4.90. The van der Waals surface area contributed by atoms with Gasteiger partial charge in [0.2, 0.25) is 0 Å². The van der Waals surface area contributed by atoms with Crippen molar-refractivity contribution in [3.05, 3.63) is 77.9 Å². The van der Waals surface area contributed by atoms with E-state index >= 15 is 0 Å². The summed E-state index contributed by atoms with van der Waals surface area (Å²) in [5, 5.41) is 20.8. The maximum absolute atomic E-state index is 13.4. The van der Waals surface area contributed by atoms with Crippen molar-refractivity contribution >= 4 is 10.9 Å². The van der Waals surface area contributed by atoms with E-state index in [0.717, 1.165) is 33.3 Å². The highest BCUT2D eigenvalue weighted by Crippen LogP contribution is 2.48. The second-order valence-electron chi connectivity index (χ2n) is 11.5. The number of likely N-dealkylation sites (N-methyl/N-ethyl adjacent to an activating group) is 1. The first kappa shape index (κ1) is 34.9. The molecule has 0 spiro atoms. The number of alkyl halides is 7. The highest BCUT2D eigenvalue weighted by atomic mass is 19.4. The van der Waals surface area contributed by atoms with Crippen LogP contribution in [0.5, 0.6) is 17.2 Å². The fourth-order valence-corrected chi connectivity index (χ4v) is 5.42. The Kier molecular flexibility index (Phi) is 10.8. The molecule has 12 heteroatoms. The SMILES string of the molecule is Cc1c(-c2ccc(O)cc2)n(Cc2ccc(OCCN(C)CCCCCCC(F)(F)C(F)(F)C(F)(F)F)cc2)c2ccc(O)cc12. The van der Waals surface area contributed by atoms with Crippen molar-refractivity contribution in [1.82, 2.24) is 9.47 Å². The van der Waals surface area contributed by atoms with Crippen LogP contribution in [-0.2, 0) is 6.54 Å². The number of halogens is 7. The maximum Gasteiger partial charge on any atom is 0.459 e. The Balaban J connectivity index is 1.25. The molecule has 0 aliphatic carbocycles. The van der Waals surface area contributed by atoms with Crippen LogP contribution in [0.1, 0.15) is 43.2 Å². The van der Waals surface area contributed by atoms with E-state index < -0.39 is 30.9 Å². The summed E-state index contributed by atoms with van der Waals surface area (Å²) in [6.45, 7) is 4.08. The van der Waals surface area contributed by atoms with Crippen LogP contribution in [-0.4, -0.2) is 64.4 Å². The highest BCUT2D eigenvalue weighted by molar-refractivity contribution is 5.92. The van der Waals surface area contributed by atoms with E-state index in [2.05, 4.69) is 4.57 Å². The van der Waals surface area contributed by atoms with Crippen LogP contribution in [0.25, 0.3) is 22.2 Å². The third-order valence-electron chi connectivity index (χ3n) is 8.04. The van der Waals surface area contributed by atoms with Crippen LogP contribution in [0.3, 0.4) is 0 Å². The second kappa shape index (κ2) is 14.2. The number of fused-ring (bicyclic) bond motifs is 1. The van der Waals surface area contributed by atoms with E-state index in [1.165, 1.54) is 0 Å². The molecule has 0 unspecified atom stereocenters. The minimum atomic E-state index is -6.29. The average molecular weight is 655 g/mol. The summed E-state index contributed by atoms with van der Waals surface area (Å²) in [6, 6.07) is 19.9. The van der Waals surface area contributed by atoms with Gasteiger partial charge in [0.25, 0.3) is 0 Å². The zero-order valence-corrected chi connectivity index (χ0v) is 25.6. The summed E-state index contributed by atoms with van der Waals surface area (Å²) in [5.74, 6) is -10.1. The summed E-state index contributed by atoms with van der Waals surface area (Å²) in [4.78, 5) is 1.96. The molecule has 0 radical (unpaired) electrons. The molecule has 0 amide bonds. The molecule has 2 N–H and O–H groups in total. The Bertz CT molecular complexity index is 1580.